The molecule has 9 aromatic rings. The van der Waals surface area contributed by atoms with Gasteiger partial charge in [-0.05, 0) is 99.5 Å². The van der Waals surface area contributed by atoms with Crippen LogP contribution >= 0.6 is 11.8 Å². The van der Waals surface area contributed by atoms with E-state index in [0.717, 1.165) is 44.6 Å². The normalized spacial score (nSPS) is 14.6. The summed E-state index contributed by atoms with van der Waals surface area (Å²) in [6, 6.07) is 61.1. The van der Waals surface area contributed by atoms with Gasteiger partial charge in [-0.1, -0.05) is 125 Å². The molecule has 0 N–H and O–H groups in total. The Kier molecular flexibility index (Phi) is 9.87. The quantitative estimate of drug-likeness (QED) is 0.155. The molecule has 0 unspecified atom stereocenters. The van der Waals surface area contributed by atoms with Gasteiger partial charge in [0.25, 0.3) is 0 Å². The summed E-state index contributed by atoms with van der Waals surface area (Å²) in [6.07, 6.45) is 6.10. The van der Waals surface area contributed by atoms with Crippen molar-refractivity contribution in [1.82, 2.24) is 9.55 Å². The van der Waals surface area contributed by atoms with E-state index in [1.807, 2.05) is 36.2 Å². The third-order valence-electron chi connectivity index (χ3n) is 12.9. The Balaban J connectivity index is 0.00000469. The molecule has 12 rings (SSSR count). The smallest absolute Gasteiger partial charge is 0.135 e. The Labute approximate surface area is 399 Å². The third kappa shape index (κ3) is 6.87. The summed E-state index contributed by atoms with van der Waals surface area (Å²) in [6.45, 7) is 13.5. The van der Waals surface area contributed by atoms with Gasteiger partial charge < -0.3 is 24.0 Å². The second-order valence-corrected chi connectivity index (χ2v) is 19.4. The molecule has 0 atom stereocenters. The van der Waals surface area contributed by atoms with Crippen LogP contribution in [0.15, 0.2) is 180 Å². The van der Waals surface area contributed by atoms with Crippen LogP contribution in [0.2, 0.25) is 0 Å². The van der Waals surface area contributed by atoms with Crippen LogP contribution in [0.1, 0.15) is 51.3 Å². The third-order valence-corrected chi connectivity index (χ3v) is 14.0. The van der Waals surface area contributed by atoms with E-state index >= 15 is 0 Å². The SMILES string of the molecule is CC(C)(C)c1ccnc(-n2c3[c-]c(Oc4[c-]c(N5C=CN(c6cc7c8c(c6)C(C)(C)c6ccccc6N8c6ccccc6S7)[CH-]5)ccc4)ccc3c3cc(-c4ccccc4)ccc32)c1.[Pt]. The van der Waals surface area contributed by atoms with Crippen LogP contribution in [0.3, 0.4) is 0 Å². The summed E-state index contributed by atoms with van der Waals surface area (Å²) < 4.78 is 8.83. The molecular weight excluding hydrogens is 998 g/mol. The largest absolute Gasteiger partial charge is 0.509 e. The molecule has 3 aliphatic heterocycles. The first-order chi connectivity index (χ1) is 31.1. The van der Waals surface area contributed by atoms with Crippen LogP contribution in [-0.4, -0.2) is 9.55 Å². The molecule has 0 bridgehead atoms. The number of anilines is 5. The van der Waals surface area contributed by atoms with Crippen molar-refractivity contribution in [3.8, 4) is 28.4 Å². The zero-order chi connectivity index (χ0) is 43.3. The first-order valence-corrected chi connectivity index (χ1v) is 22.6. The summed E-state index contributed by atoms with van der Waals surface area (Å²) in [4.78, 5) is 14.2. The van der Waals surface area contributed by atoms with E-state index in [9.17, 15) is 0 Å². The van der Waals surface area contributed by atoms with E-state index in [-0.39, 0.29) is 31.9 Å². The zero-order valence-electron chi connectivity index (χ0n) is 36.6. The monoisotopic (exact) mass is 1040 g/mol. The topological polar surface area (TPSA) is 36.8 Å². The van der Waals surface area contributed by atoms with E-state index in [1.165, 1.54) is 49.1 Å². The molecule has 5 heterocycles. The Hall–Kier alpha value is -6.53. The van der Waals surface area contributed by atoms with E-state index in [0.29, 0.717) is 11.5 Å². The van der Waals surface area contributed by atoms with E-state index in [2.05, 4.69) is 219 Å². The van der Waals surface area contributed by atoms with Crippen LogP contribution < -0.4 is 19.4 Å². The fourth-order valence-corrected chi connectivity index (χ4v) is 10.7. The van der Waals surface area contributed by atoms with Crippen LogP contribution in [-0.2, 0) is 31.9 Å². The fraction of sp³-hybridized carbons (Fsp3) is 0.123. The second kappa shape index (κ2) is 15.6. The molecule has 0 saturated carbocycles. The number of hydrogen-bond donors (Lipinski definition) is 0. The Morgan fingerprint density at radius 3 is 2.26 bits per heavy atom. The minimum Gasteiger partial charge on any atom is -0.509 e. The molecule has 0 aliphatic carbocycles. The number of ether oxygens (including phenoxy) is 1. The Morgan fingerprint density at radius 1 is 0.646 bits per heavy atom. The number of para-hydroxylation sites is 2. The van der Waals surface area contributed by atoms with Crippen LogP contribution in [0, 0.1) is 18.8 Å². The van der Waals surface area contributed by atoms with Gasteiger partial charge in [0.2, 0.25) is 0 Å². The molecule has 0 amide bonds. The molecule has 65 heavy (non-hydrogen) atoms. The van der Waals surface area contributed by atoms with Crippen molar-refractivity contribution in [1.29, 1.82) is 0 Å². The van der Waals surface area contributed by atoms with Crippen molar-refractivity contribution in [3.63, 3.8) is 0 Å². The Morgan fingerprint density at radius 2 is 1.42 bits per heavy atom. The summed E-state index contributed by atoms with van der Waals surface area (Å²) in [5.74, 6) is 2.05. The van der Waals surface area contributed by atoms with Crippen LogP contribution in [0.4, 0.5) is 28.4 Å². The second-order valence-electron chi connectivity index (χ2n) is 18.3. The summed E-state index contributed by atoms with van der Waals surface area (Å²) in [5, 5.41) is 2.21. The molecule has 0 saturated heterocycles. The van der Waals surface area contributed by atoms with Crippen LogP contribution in [0.25, 0.3) is 38.8 Å². The molecular formula is C57H44N5OPtS-3. The van der Waals surface area contributed by atoms with Gasteiger partial charge in [-0.2, -0.15) is 12.1 Å². The maximum atomic E-state index is 6.61. The van der Waals surface area contributed by atoms with Gasteiger partial charge in [-0.15, -0.1) is 48.1 Å². The first-order valence-electron chi connectivity index (χ1n) is 21.8. The summed E-state index contributed by atoms with van der Waals surface area (Å²) >= 11 is 1.85. The Bertz CT molecular complexity index is 3370. The molecule has 8 heteroatoms. The van der Waals surface area contributed by atoms with Gasteiger partial charge >= 0.3 is 0 Å². The molecule has 2 aromatic heterocycles. The van der Waals surface area contributed by atoms with Gasteiger partial charge in [0, 0.05) is 65.2 Å². The number of pyridine rings is 1. The molecule has 0 fully saturated rings. The predicted molar refractivity (Wildman–Crippen MR) is 263 cm³/mol. The van der Waals surface area contributed by atoms with E-state index in [1.54, 1.807) is 0 Å². The van der Waals surface area contributed by atoms with Gasteiger partial charge in [-0.25, -0.2) is 4.98 Å². The first kappa shape index (κ1) is 41.2. The minimum atomic E-state index is -0.199. The van der Waals surface area contributed by atoms with Crippen LogP contribution in [0.5, 0.6) is 11.5 Å². The van der Waals surface area contributed by atoms with Gasteiger partial charge in [0.15, 0.2) is 0 Å². The van der Waals surface area contributed by atoms with Gasteiger partial charge in [-0.3, -0.25) is 0 Å². The molecule has 0 spiro atoms. The number of hydrogen-bond acceptors (Lipinski definition) is 6. The van der Waals surface area contributed by atoms with E-state index in [4.69, 9.17) is 9.72 Å². The standard InChI is InChI=1S/C57H44N5OS.Pt/c1-56(2,3)39-26-27-58-54(31-39)61-48-25-22-38(37-14-7-6-8-15-37)30-45(48)44-24-23-43(35-51(44)61)63-42-17-13-16-40(32-42)59-28-29-60(36-59)41-33-47-55-53(34-41)64-52-21-12-11-20-50(52)62(55)49-19-10-9-18-46(49)57(47,4)5;/h6-31,33-34,36H,1-5H3;/q-3;. The number of nitrogens with zero attached hydrogens (tertiary/aromatic N) is 5. The van der Waals surface area contributed by atoms with Crippen molar-refractivity contribution in [2.75, 3.05) is 14.7 Å². The predicted octanol–water partition coefficient (Wildman–Crippen LogP) is 15.0. The average Bonchev–Trinajstić information content (AvgIpc) is 3.94. The number of aromatic nitrogens is 2. The maximum absolute atomic E-state index is 6.61. The van der Waals surface area contributed by atoms with Crippen molar-refractivity contribution >= 4 is 62.0 Å². The molecule has 3 aliphatic rings. The fourth-order valence-electron chi connectivity index (χ4n) is 9.54. The van der Waals surface area contributed by atoms with E-state index < -0.39 is 0 Å². The number of rotatable bonds is 6. The number of fused-ring (bicyclic) bond motifs is 7. The number of benzene rings is 7. The molecule has 0 radical (unpaired) electrons. The van der Waals surface area contributed by atoms with Crippen molar-refractivity contribution in [2.45, 2.75) is 55.2 Å². The molecule has 6 nitrogen and oxygen atoms in total. The zero-order valence-corrected chi connectivity index (χ0v) is 39.7. The summed E-state index contributed by atoms with van der Waals surface area (Å²) in [5.41, 5.74) is 13.6. The van der Waals surface area contributed by atoms with Gasteiger partial charge in [0.05, 0.1) is 17.1 Å². The molecule has 7 aromatic carbocycles. The van der Waals surface area contributed by atoms with Crippen molar-refractivity contribution in [2.24, 2.45) is 0 Å². The summed E-state index contributed by atoms with van der Waals surface area (Å²) in [7, 11) is 0. The van der Waals surface area contributed by atoms with Crippen molar-refractivity contribution in [3.05, 3.63) is 206 Å². The van der Waals surface area contributed by atoms with Crippen molar-refractivity contribution < 1.29 is 25.8 Å². The minimum absolute atomic E-state index is 0. The van der Waals surface area contributed by atoms with Gasteiger partial charge in [0.1, 0.15) is 5.82 Å². The maximum Gasteiger partial charge on any atom is 0.135 e. The molecule has 322 valence electrons. The average molecular weight is 1040 g/mol.